The SMILES string of the molecule is CCNC(=NCCN(C)CCCOC)NCCOc1ccc2c(c1)OCO2.I. The van der Waals surface area contributed by atoms with Gasteiger partial charge in [0, 0.05) is 39.4 Å². The molecule has 1 aliphatic heterocycles. The van der Waals surface area contributed by atoms with Gasteiger partial charge in [-0.3, -0.25) is 4.99 Å². The summed E-state index contributed by atoms with van der Waals surface area (Å²) in [5, 5.41) is 6.54. The number of fused-ring (bicyclic) bond motifs is 1. The summed E-state index contributed by atoms with van der Waals surface area (Å²) >= 11 is 0. The first-order valence-corrected chi connectivity index (χ1v) is 9.45. The Labute approximate surface area is 185 Å². The monoisotopic (exact) mass is 508 g/mol. The lowest BCUT2D eigenvalue weighted by atomic mass is 10.3. The molecule has 1 heterocycles. The van der Waals surface area contributed by atoms with Gasteiger partial charge in [-0.05, 0) is 32.5 Å². The molecule has 0 fully saturated rings. The highest BCUT2D eigenvalue weighted by molar-refractivity contribution is 14.0. The zero-order valence-corrected chi connectivity index (χ0v) is 19.4. The second kappa shape index (κ2) is 14.5. The van der Waals surface area contributed by atoms with E-state index in [9.17, 15) is 0 Å². The highest BCUT2D eigenvalue weighted by atomic mass is 127. The number of likely N-dealkylation sites (N-methyl/N-ethyl adjacent to an activating group) is 1. The molecular weight excluding hydrogens is 475 g/mol. The molecule has 0 unspecified atom stereocenters. The van der Waals surface area contributed by atoms with Gasteiger partial charge in [0.25, 0.3) is 0 Å². The molecule has 160 valence electrons. The summed E-state index contributed by atoms with van der Waals surface area (Å²) in [5.41, 5.74) is 0. The molecule has 0 atom stereocenters. The molecule has 1 aliphatic rings. The zero-order chi connectivity index (χ0) is 19.3. The van der Waals surface area contributed by atoms with Crippen molar-refractivity contribution in [1.29, 1.82) is 0 Å². The van der Waals surface area contributed by atoms with Crippen molar-refractivity contribution in [3.63, 3.8) is 0 Å². The van der Waals surface area contributed by atoms with Crippen LogP contribution in [-0.4, -0.2) is 77.7 Å². The number of benzene rings is 1. The van der Waals surface area contributed by atoms with E-state index < -0.39 is 0 Å². The molecule has 0 spiro atoms. The molecule has 1 aromatic carbocycles. The average Bonchev–Trinajstić information content (AvgIpc) is 3.13. The van der Waals surface area contributed by atoms with Crippen molar-refractivity contribution in [2.24, 2.45) is 4.99 Å². The zero-order valence-electron chi connectivity index (χ0n) is 17.0. The quantitative estimate of drug-likeness (QED) is 0.194. The molecule has 8 nitrogen and oxygen atoms in total. The van der Waals surface area contributed by atoms with E-state index in [1.54, 1.807) is 7.11 Å². The van der Waals surface area contributed by atoms with Crippen molar-refractivity contribution >= 4 is 29.9 Å². The van der Waals surface area contributed by atoms with E-state index in [0.717, 1.165) is 62.4 Å². The lowest BCUT2D eigenvalue weighted by molar-refractivity contribution is 0.173. The summed E-state index contributed by atoms with van der Waals surface area (Å²) in [6.45, 7) is 7.78. The molecule has 28 heavy (non-hydrogen) atoms. The third-order valence-corrected chi connectivity index (χ3v) is 3.99. The van der Waals surface area contributed by atoms with Gasteiger partial charge in [0.2, 0.25) is 6.79 Å². The Morgan fingerprint density at radius 3 is 2.79 bits per heavy atom. The number of rotatable bonds is 12. The van der Waals surface area contributed by atoms with Crippen LogP contribution < -0.4 is 24.8 Å². The second-order valence-electron chi connectivity index (χ2n) is 6.20. The van der Waals surface area contributed by atoms with Gasteiger partial charge in [0.1, 0.15) is 12.4 Å². The smallest absolute Gasteiger partial charge is 0.231 e. The normalized spacial score (nSPS) is 12.6. The molecular formula is C19H33IN4O4. The van der Waals surface area contributed by atoms with Gasteiger partial charge in [-0.15, -0.1) is 24.0 Å². The standard InChI is InChI=1S/C19H32N4O4.HI/c1-4-20-19(21-8-11-23(2)10-5-12-24-3)22-9-13-25-16-6-7-17-18(14-16)27-15-26-17;/h6-7,14H,4-5,8-13,15H2,1-3H3,(H2,20,21,22);1H. The Morgan fingerprint density at radius 1 is 1.18 bits per heavy atom. The molecule has 0 aliphatic carbocycles. The van der Waals surface area contributed by atoms with E-state index >= 15 is 0 Å². The maximum Gasteiger partial charge on any atom is 0.231 e. The highest BCUT2D eigenvalue weighted by Gasteiger charge is 2.13. The lowest BCUT2D eigenvalue weighted by Gasteiger charge is -2.16. The van der Waals surface area contributed by atoms with Crippen molar-refractivity contribution in [2.75, 3.05) is 66.9 Å². The van der Waals surface area contributed by atoms with E-state index in [2.05, 4.69) is 34.5 Å². The summed E-state index contributed by atoms with van der Waals surface area (Å²) in [7, 11) is 3.83. The second-order valence-corrected chi connectivity index (χ2v) is 6.20. The number of ether oxygens (including phenoxy) is 4. The summed E-state index contributed by atoms with van der Waals surface area (Å²) in [5.74, 6) is 3.05. The largest absolute Gasteiger partial charge is 0.492 e. The molecule has 0 bridgehead atoms. The predicted octanol–water partition coefficient (Wildman–Crippen LogP) is 1.94. The van der Waals surface area contributed by atoms with Crippen LogP contribution in [0, 0.1) is 0 Å². The minimum atomic E-state index is 0. The van der Waals surface area contributed by atoms with Crippen molar-refractivity contribution in [1.82, 2.24) is 15.5 Å². The minimum Gasteiger partial charge on any atom is -0.492 e. The Balaban J connectivity index is 0.00000392. The number of methoxy groups -OCH3 is 1. The van der Waals surface area contributed by atoms with E-state index in [0.29, 0.717) is 13.2 Å². The van der Waals surface area contributed by atoms with Crippen molar-refractivity contribution in [2.45, 2.75) is 13.3 Å². The van der Waals surface area contributed by atoms with Crippen molar-refractivity contribution in [3.8, 4) is 17.2 Å². The van der Waals surface area contributed by atoms with Gasteiger partial charge < -0.3 is 34.5 Å². The first-order chi connectivity index (χ1) is 13.2. The summed E-state index contributed by atoms with van der Waals surface area (Å²) < 4.78 is 21.5. The van der Waals surface area contributed by atoms with Crippen LogP contribution in [0.5, 0.6) is 17.2 Å². The van der Waals surface area contributed by atoms with Crippen molar-refractivity contribution < 1.29 is 18.9 Å². The van der Waals surface area contributed by atoms with Crippen LogP contribution in [0.2, 0.25) is 0 Å². The molecule has 0 saturated carbocycles. The third kappa shape index (κ3) is 9.16. The number of hydrogen-bond acceptors (Lipinski definition) is 6. The first-order valence-electron chi connectivity index (χ1n) is 9.45. The number of halogens is 1. The van der Waals surface area contributed by atoms with E-state index in [4.69, 9.17) is 18.9 Å². The van der Waals surface area contributed by atoms with Gasteiger partial charge in [0.15, 0.2) is 17.5 Å². The number of guanidine groups is 1. The van der Waals surface area contributed by atoms with Crippen LogP contribution in [-0.2, 0) is 4.74 Å². The maximum atomic E-state index is 5.76. The van der Waals surface area contributed by atoms with Gasteiger partial charge in [-0.1, -0.05) is 0 Å². The van der Waals surface area contributed by atoms with Crippen LogP contribution in [0.25, 0.3) is 0 Å². The Bertz CT molecular complexity index is 589. The molecule has 0 radical (unpaired) electrons. The van der Waals surface area contributed by atoms with Crippen LogP contribution in [0.15, 0.2) is 23.2 Å². The van der Waals surface area contributed by atoms with Crippen LogP contribution >= 0.6 is 24.0 Å². The third-order valence-electron chi connectivity index (χ3n) is 3.99. The van der Waals surface area contributed by atoms with Gasteiger partial charge in [-0.25, -0.2) is 0 Å². The summed E-state index contributed by atoms with van der Waals surface area (Å²) in [6, 6.07) is 5.59. The molecule has 0 saturated heterocycles. The molecule has 0 aromatic heterocycles. The van der Waals surface area contributed by atoms with E-state index in [1.165, 1.54) is 0 Å². The van der Waals surface area contributed by atoms with Crippen molar-refractivity contribution in [3.05, 3.63) is 18.2 Å². The van der Waals surface area contributed by atoms with Gasteiger partial charge >= 0.3 is 0 Å². The Hall–Kier alpha value is -1.46. The maximum absolute atomic E-state index is 5.76. The van der Waals surface area contributed by atoms with Gasteiger partial charge in [-0.2, -0.15) is 0 Å². The fraction of sp³-hybridized carbons (Fsp3) is 0.632. The lowest BCUT2D eigenvalue weighted by Crippen LogP contribution is -2.39. The molecule has 2 rings (SSSR count). The Morgan fingerprint density at radius 2 is 2.00 bits per heavy atom. The highest BCUT2D eigenvalue weighted by Crippen LogP contribution is 2.34. The number of nitrogens with one attached hydrogen (secondary N) is 2. The fourth-order valence-corrected chi connectivity index (χ4v) is 2.57. The molecule has 2 N–H and O–H groups in total. The van der Waals surface area contributed by atoms with E-state index in [-0.39, 0.29) is 30.8 Å². The molecule has 0 amide bonds. The topological polar surface area (TPSA) is 76.6 Å². The van der Waals surface area contributed by atoms with Crippen LogP contribution in [0.1, 0.15) is 13.3 Å². The summed E-state index contributed by atoms with van der Waals surface area (Å²) in [6.07, 6.45) is 1.03. The minimum absolute atomic E-state index is 0. The number of hydrogen-bond donors (Lipinski definition) is 2. The molecule has 1 aromatic rings. The fourth-order valence-electron chi connectivity index (χ4n) is 2.57. The number of nitrogens with zero attached hydrogens (tertiary/aromatic N) is 2. The predicted molar refractivity (Wildman–Crippen MR) is 121 cm³/mol. The van der Waals surface area contributed by atoms with Crippen LogP contribution in [0.4, 0.5) is 0 Å². The van der Waals surface area contributed by atoms with E-state index in [1.807, 2.05) is 18.2 Å². The summed E-state index contributed by atoms with van der Waals surface area (Å²) in [4.78, 5) is 6.86. The average molecular weight is 508 g/mol. The first kappa shape index (κ1) is 24.6. The Kier molecular flexibility index (Phi) is 12.8. The number of aliphatic imine (C=N–C) groups is 1. The van der Waals surface area contributed by atoms with Gasteiger partial charge in [0.05, 0.1) is 13.1 Å². The van der Waals surface area contributed by atoms with Crippen LogP contribution in [0.3, 0.4) is 0 Å². The molecule has 9 heteroatoms.